The Morgan fingerprint density at radius 1 is 1.00 bits per heavy atom. The minimum absolute atomic E-state index is 0.121. The molecule has 0 bridgehead atoms. The average Bonchev–Trinajstić information content (AvgIpc) is 3.13. The molecule has 0 aromatic heterocycles. The number of primary amides is 1. The third kappa shape index (κ3) is 6.25. The van der Waals surface area contributed by atoms with Gasteiger partial charge < -0.3 is 41.6 Å². The van der Waals surface area contributed by atoms with Crippen molar-refractivity contribution in [1.29, 1.82) is 5.26 Å². The van der Waals surface area contributed by atoms with Gasteiger partial charge in [0.05, 0.1) is 36.4 Å². The summed E-state index contributed by atoms with van der Waals surface area (Å²) in [6.45, 7) is 3.67. The Bertz CT molecular complexity index is 2290. The van der Waals surface area contributed by atoms with Crippen molar-refractivity contribution in [2.75, 3.05) is 51.6 Å². The van der Waals surface area contributed by atoms with Gasteiger partial charge in [0.2, 0.25) is 5.91 Å². The number of aromatic hydroxyl groups is 1. The van der Waals surface area contributed by atoms with Crippen LogP contribution in [0.5, 0.6) is 5.75 Å². The first-order chi connectivity index (χ1) is 27.3. The number of benzene rings is 3. The highest BCUT2D eigenvalue weighted by Gasteiger charge is 2.78. The Balaban J connectivity index is 1.49. The van der Waals surface area contributed by atoms with Gasteiger partial charge in [-0.3, -0.25) is 33.4 Å². The first-order valence-corrected chi connectivity index (χ1v) is 20.4. The molecule has 8 N–H and O–H groups in total. The number of para-hydroxylation sites is 1. The van der Waals surface area contributed by atoms with Crippen molar-refractivity contribution in [3.05, 3.63) is 77.4 Å². The Hall–Kier alpha value is -5.27. The maximum atomic E-state index is 14.9. The predicted molar refractivity (Wildman–Crippen MR) is 215 cm³/mol. The Morgan fingerprint density at radius 2 is 1.60 bits per heavy atom. The molecule has 3 unspecified atom stereocenters. The van der Waals surface area contributed by atoms with Crippen molar-refractivity contribution in [3.8, 4) is 22.9 Å². The fourth-order valence-electron chi connectivity index (χ4n) is 9.30. The molecule has 3 aromatic carbocycles. The number of fused-ring (bicyclic) bond motifs is 3. The molecule has 58 heavy (non-hydrogen) atoms. The van der Waals surface area contributed by atoms with E-state index >= 15 is 0 Å². The highest BCUT2D eigenvalue weighted by Crippen LogP contribution is 2.61. The fourth-order valence-corrected chi connectivity index (χ4v) is 11.2. The second-order valence-corrected chi connectivity index (χ2v) is 17.7. The molecule has 7 atom stereocenters. The van der Waals surface area contributed by atoms with E-state index in [1.807, 2.05) is 30.3 Å². The van der Waals surface area contributed by atoms with Crippen LogP contribution in [0, 0.1) is 28.6 Å². The Morgan fingerprint density at radius 3 is 2.12 bits per heavy atom. The molecule has 2 fully saturated rings. The number of hydrogen-bond donors (Lipinski definition) is 5. The number of phenolic OH excluding ortho intramolecular Hbond substituents is 1. The summed E-state index contributed by atoms with van der Waals surface area (Å²) in [5.74, 6) is -11.4. The number of rotatable bonds is 12. The highest BCUT2D eigenvalue weighted by molar-refractivity contribution is 7.54. The van der Waals surface area contributed by atoms with Gasteiger partial charge in [-0.05, 0) is 75.7 Å². The SMILES string of the molecule is CCOP(=O)(OCC)C(Nc1ccccc1)c1ccc(-c2cc(N(C)C)c3c(c2O)C(=O)C2C(=O)[C@]4(C#N)C(=O)C(C(N)=O)C(=O)[C@@H](N(C)C)[C@]4(N)C[C@]2(N)C3)cc1. The summed E-state index contributed by atoms with van der Waals surface area (Å²) < 4.78 is 25.6. The predicted octanol–water partition coefficient (Wildman–Crippen LogP) is 2.92. The van der Waals surface area contributed by atoms with E-state index in [2.05, 4.69) is 5.32 Å². The van der Waals surface area contributed by atoms with Crippen LogP contribution in [0.4, 0.5) is 11.4 Å². The quantitative estimate of drug-likeness (QED) is 0.130. The number of nitrogens with one attached hydrogen (secondary N) is 1. The molecule has 17 heteroatoms. The first kappa shape index (κ1) is 42.3. The monoisotopic (exact) mass is 813 g/mol. The second-order valence-electron chi connectivity index (χ2n) is 15.6. The maximum Gasteiger partial charge on any atom is 0.357 e. The zero-order chi connectivity index (χ0) is 42.7. The molecule has 3 aliphatic carbocycles. The smallest absolute Gasteiger partial charge is 0.357 e. The van der Waals surface area contributed by atoms with Gasteiger partial charge >= 0.3 is 7.60 Å². The molecule has 16 nitrogen and oxygen atoms in total. The van der Waals surface area contributed by atoms with Crippen molar-refractivity contribution in [3.63, 3.8) is 0 Å². The lowest BCUT2D eigenvalue weighted by Crippen LogP contribution is -2.85. The zero-order valence-electron chi connectivity index (χ0n) is 33.1. The van der Waals surface area contributed by atoms with E-state index in [0.717, 1.165) is 0 Å². The zero-order valence-corrected chi connectivity index (χ0v) is 34.0. The van der Waals surface area contributed by atoms with Gasteiger partial charge in [0.25, 0.3) is 0 Å². The van der Waals surface area contributed by atoms with E-state index < -0.39 is 89.0 Å². The van der Waals surface area contributed by atoms with E-state index in [4.69, 9.17) is 26.2 Å². The van der Waals surface area contributed by atoms with Crippen LogP contribution in [-0.4, -0.2) is 97.6 Å². The largest absolute Gasteiger partial charge is 0.507 e. The number of ketones is 4. The number of carbonyl (C=O) groups is 5. The number of nitrogens with zero attached hydrogens (tertiary/aromatic N) is 3. The minimum atomic E-state index is -3.79. The number of likely N-dealkylation sites (N-methyl/N-ethyl adjacent to an activating group) is 1. The number of hydrogen-bond acceptors (Lipinski definition) is 15. The van der Waals surface area contributed by atoms with Gasteiger partial charge in [-0.25, -0.2) is 0 Å². The molecule has 306 valence electrons. The molecule has 3 aliphatic rings. The van der Waals surface area contributed by atoms with Crippen molar-refractivity contribution < 1.29 is 42.7 Å². The number of nitrogens with two attached hydrogens (primary N) is 3. The third-order valence-electron chi connectivity index (χ3n) is 11.6. The molecular weight excluding hydrogens is 765 g/mol. The van der Waals surface area contributed by atoms with Crippen molar-refractivity contribution in [2.45, 2.75) is 49.6 Å². The fraction of sp³-hybridized carbons (Fsp3) is 0.415. The standard InChI is InChI=1S/C41H48N7O9P/c1-7-56-58(55,57-8-2)38(46-24-12-10-9-11-13-24)23-16-14-22(15-17-23)25-18-27(47(3)4)26-19-39(44)20-41(45)34(48(5)6)33(51)29(37(43)54)35(52)40(41,21-42)36(53)30(39)32(50)28(26)31(25)49/h9-18,29-30,34,38,46,49H,7-8,19-20,44-45H2,1-6H3,(H2,43,54)/t29?,30?,34-,38?,39-,40+,41-/m1/s1. The van der Waals surface area contributed by atoms with Crippen molar-refractivity contribution >= 4 is 48.0 Å². The molecule has 0 heterocycles. The number of carbonyl (C=O) groups excluding carboxylic acids is 5. The van der Waals surface area contributed by atoms with Gasteiger partial charge in [-0.15, -0.1) is 0 Å². The van der Waals surface area contributed by atoms with Crippen LogP contribution < -0.4 is 27.4 Å². The van der Waals surface area contributed by atoms with Crippen LogP contribution in [0.2, 0.25) is 0 Å². The first-order valence-electron chi connectivity index (χ1n) is 18.8. The van der Waals surface area contributed by atoms with E-state index in [9.17, 15) is 38.9 Å². The molecule has 2 saturated carbocycles. The third-order valence-corrected chi connectivity index (χ3v) is 13.9. The van der Waals surface area contributed by atoms with Crippen LogP contribution in [0.15, 0.2) is 60.7 Å². The maximum absolute atomic E-state index is 14.9. The number of anilines is 2. The van der Waals surface area contributed by atoms with E-state index in [1.165, 1.54) is 19.0 Å². The number of phenols is 1. The molecule has 0 aliphatic heterocycles. The lowest BCUT2D eigenvalue weighted by atomic mass is 9.42. The lowest BCUT2D eigenvalue weighted by Gasteiger charge is -2.60. The number of nitriles is 1. The summed E-state index contributed by atoms with van der Waals surface area (Å²) in [6.07, 6.45) is -0.743. The molecular formula is C41H48N7O9P. The van der Waals surface area contributed by atoms with E-state index in [-0.39, 0.29) is 30.8 Å². The number of amides is 1. The van der Waals surface area contributed by atoms with Crippen LogP contribution in [0.25, 0.3) is 11.1 Å². The molecule has 0 spiro atoms. The van der Waals surface area contributed by atoms with Crippen molar-refractivity contribution in [2.24, 2.45) is 34.5 Å². The Labute approximate surface area is 336 Å². The second kappa shape index (κ2) is 15.2. The summed E-state index contributed by atoms with van der Waals surface area (Å²) in [7, 11) is 2.54. The van der Waals surface area contributed by atoms with Crippen LogP contribution >= 0.6 is 7.60 Å². The summed E-state index contributed by atoms with van der Waals surface area (Å²) in [5.41, 5.74) is 14.9. The van der Waals surface area contributed by atoms with Crippen LogP contribution in [-0.2, 0) is 39.2 Å². The van der Waals surface area contributed by atoms with Gasteiger partial charge in [0.15, 0.2) is 40.2 Å². The van der Waals surface area contributed by atoms with Crippen molar-refractivity contribution in [1.82, 2.24) is 4.90 Å². The average molecular weight is 814 g/mol. The molecule has 1 amide bonds. The Kier molecular flexibility index (Phi) is 11.1. The topological polar surface area (TPSA) is 261 Å². The molecule has 6 rings (SSSR count). The lowest BCUT2D eigenvalue weighted by molar-refractivity contribution is -0.166. The highest BCUT2D eigenvalue weighted by atomic mass is 31.2. The van der Waals surface area contributed by atoms with Gasteiger partial charge in [0, 0.05) is 36.6 Å². The van der Waals surface area contributed by atoms with E-state index in [1.54, 1.807) is 69.2 Å². The van der Waals surface area contributed by atoms with Gasteiger partial charge in [0.1, 0.15) is 11.7 Å². The summed E-state index contributed by atoms with van der Waals surface area (Å²) >= 11 is 0. The van der Waals surface area contributed by atoms with Gasteiger partial charge in [-0.2, -0.15) is 5.26 Å². The van der Waals surface area contributed by atoms with Crippen LogP contribution in [0.3, 0.4) is 0 Å². The molecule has 0 saturated heterocycles. The normalized spacial score (nSPS) is 27.3. The summed E-state index contributed by atoms with van der Waals surface area (Å²) in [4.78, 5) is 73.2. The van der Waals surface area contributed by atoms with Crippen LogP contribution in [0.1, 0.15) is 47.5 Å². The molecule has 0 radical (unpaired) electrons. The summed E-state index contributed by atoms with van der Waals surface area (Å²) in [6, 6.07) is 17.7. The minimum Gasteiger partial charge on any atom is -0.507 e. The van der Waals surface area contributed by atoms with Gasteiger partial charge in [-0.1, -0.05) is 42.5 Å². The summed E-state index contributed by atoms with van der Waals surface area (Å²) in [5, 5.41) is 26.0. The molecule has 3 aromatic rings. The van der Waals surface area contributed by atoms with E-state index in [0.29, 0.717) is 28.1 Å². The number of Topliss-reactive ketones (excluding diaryl/α,β-unsaturated/α-hetero) is 4.